The molecule has 2 fully saturated rings. The molecule has 0 aromatic heterocycles. The zero-order valence-electron chi connectivity index (χ0n) is 10.6. The van der Waals surface area contributed by atoms with Crippen molar-refractivity contribution in [3.05, 3.63) is 34.6 Å². The van der Waals surface area contributed by atoms with Gasteiger partial charge in [-0.1, -0.05) is 24.9 Å². The molecule has 0 heterocycles. The van der Waals surface area contributed by atoms with Gasteiger partial charge in [0.25, 0.3) is 0 Å². The normalized spacial score (nSPS) is 31.2. The highest BCUT2D eigenvalue weighted by Gasteiger charge is 2.56. The van der Waals surface area contributed by atoms with E-state index >= 15 is 0 Å². The molecule has 0 aliphatic heterocycles. The second-order valence-electron chi connectivity index (χ2n) is 5.54. The summed E-state index contributed by atoms with van der Waals surface area (Å²) in [5, 5.41) is 4.19. The summed E-state index contributed by atoms with van der Waals surface area (Å²) in [6, 6.07) is 4.94. The molecule has 0 amide bonds. The Labute approximate surface area is 113 Å². The lowest BCUT2D eigenvalue weighted by atomic mass is 9.96. The van der Waals surface area contributed by atoms with Gasteiger partial charge in [-0.15, -0.1) is 0 Å². The van der Waals surface area contributed by atoms with Gasteiger partial charge in [0.05, 0.1) is 0 Å². The molecule has 0 radical (unpaired) electrons. The molecule has 3 heteroatoms. The summed E-state index contributed by atoms with van der Waals surface area (Å²) < 4.78 is 13.4. The van der Waals surface area contributed by atoms with Crippen molar-refractivity contribution in [3.63, 3.8) is 0 Å². The average molecular weight is 268 g/mol. The van der Waals surface area contributed by atoms with Crippen molar-refractivity contribution in [1.29, 1.82) is 0 Å². The van der Waals surface area contributed by atoms with Crippen molar-refractivity contribution in [1.82, 2.24) is 5.32 Å². The highest BCUT2D eigenvalue weighted by molar-refractivity contribution is 6.31. The summed E-state index contributed by atoms with van der Waals surface area (Å²) >= 11 is 6.25. The van der Waals surface area contributed by atoms with Gasteiger partial charge in [-0.2, -0.15) is 0 Å². The SMILES string of the molecule is CCNC(c1cc(F)ccc1Cl)C1C2CCCC21. The van der Waals surface area contributed by atoms with E-state index < -0.39 is 0 Å². The third kappa shape index (κ3) is 2.06. The van der Waals surface area contributed by atoms with E-state index in [-0.39, 0.29) is 11.9 Å². The molecule has 2 saturated carbocycles. The monoisotopic (exact) mass is 267 g/mol. The van der Waals surface area contributed by atoms with Gasteiger partial charge in [-0.3, -0.25) is 0 Å². The first-order valence-electron chi connectivity index (χ1n) is 6.90. The first-order chi connectivity index (χ1) is 8.72. The van der Waals surface area contributed by atoms with Crippen LogP contribution in [0.25, 0.3) is 0 Å². The standard InChI is InChI=1S/C15H19ClFN/c1-2-18-15(14-10-4-3-5-11(10)14)12-8-9(17)6-7-13(12)16/h6-8,10-11,14-15,18H,2-5H2,1H3. The van der Waals surface area contributed by atoms with Crippen molar-refractivity contribution in [2.45, 2.75) is 32.2 Å². The first kappa shape index (κ1) is 12.4. The predicted octanol–water partition coefficient (Wildman–Crippen LogP) is 4.18. The van der Waals surface area contributed by atoms with Gasteiger partial charge < -0.3 is 5.32 Å². The Morgan fingerprint density at radius 2 is 2.11 bits per heavy atom. The minimum absolute atomic E-state index is 0.192. The summed E-state index contributed by atoms with van der Waals surface area (Å²) in [5.74, 6) is 2.16. The minimum atomic E-state index is -0.192. The molecule has 3 rings (SSSR count). The molecule has 2 aliphatic rings. The summed E-state index contributed by atoms with van der Waals surface area (Å²) in [5.41, 5.74) is 0.943. The molecule has 3 unspecified atom stereocenters. The zero-order valence-corrected chi connectivity index (χ0v) is 11.4. The van der Waals surface area contributed by atoms with Crippen LogP contribution in [-0.4, -0.2) is 6.54 Å². The fourth-order valence-electron chi connectivity index (χ4n) is 3.80. The second kappa shape index (κ2) is 4.82. The van der Waals surface area contributed by atoms with E-state index in [0.717, 1.165) is 23.9 Å². The Hall–Kier alpha value is -0.600. The van der Waals surface area contributed by atoms with Crippen LogP contribution in [0.3, 0.4) is 0 Å². The molecule has 1 N–H and O–H groups in total. The Kier molecular flexibility index (Phi) is 3.33. The van der Waals surface area contributed by atoms with E-state index in [4.69, 9.17) is 11.6 Å². The van der Waals surface area contributed by atoms with Crippen LogP contribution in [0.2, 0.25) is 5.02 Å². The smallest absolute Gasteiger partial charge is 0.123 e. The molecule has 18 heavy (non-hydrogen) atoms. The van der Waals surface area contributed by atoms with E-state index in [1.807, 2.05) is 0 Å². The van der Waals surface area contributed by atoms with Crippen molar-refractivity contribution in [2.75, 3.05) is 6.54 Å². The van der Waals surface area contributed by atoms with E-state index in [0.29, 0.717) is 10.9 Å². The largest absolute Gasteiger partial charge is 0.310 e. The maximum Gasteiger partial charge on any atom is 0.123 e. The molecule has 2 aliphatic carbocycles. The highest BCUT2D eigenvalue weighted by Crippen LogP contribution is 2.62. The van der Waals surface area contributed by atoms with Gasteiger partial charge in [0.1, 0.15) is 5.82 Å². The van der Waals surface area contributed by atoms with Crippen molar-refractivity contribution < 1.29 is 4.39 Å². The molecule has 1 nitrogen and oxygen atoms in total. The van der Waals surface area contributed by atoms with E-state index in [2.05, 4.69) is 12.2 Å². The molecule has 1 aromatic rings. The quantitative estimate of drug-likeness (QED) is 0.863. The van der Waals surface area contributed by atoms with Gasteiger partial charge in [-0.05, 0) is 60.9 Å². The summed E-state index contributed by atoms with van der Waals surface area (Å²) in [7, 11) is 0. The van der Waals surface area contributed by atoms with Gasteiger partial charge >= 0.3 is 0 Å². The number of nitrogens with one attached hydrogen (secondary N) is 1. The number of halogens is 2. The third-order valence-electron chi connectivity index (χ3n) is 4.57. The Bertz CT molecular complexity index is 438. The van der Waals surface area contributed by atoms with Crippen LogP contribution in [0.1, 0.15) is 37.8 Å². The van der Waals surface area contributed by atoms with Gasteiger partial charge in [0.15, 0.2) is 0 Å². The van der Waals surface area contributed by atoms with Crippen LogP contribution in [0.4, 0.5) is 4.39 Å². The van der Waals surface area contributed by atoms with Crippen LogP contribution < -0.4 is 5.32 Å². The molecule has 0 spiro atoms. The predicted molar refractivity (Wildman–Crippen MR) is 72.1 cm³/mol. The Balaban J connectivity index is 1.87. The molecular formula is C15H19ClFN. The second-order valence-corrected chi connectivity index (χ2v) is 5.94. The van der Waals surface area contributed by atoms with Gasteiger partial charge in [0.2, 0.25) is 0 Å². The van der Waals surface area contributed by atoms with Gasteiger partial charge in [0, 0.05) is 11.1 Å². The van der Waals surface area contributed by atoms with E-state index in [1.54, 1.807) is 12.1 Å². The molecule has 1 aromatic carbocycles. The maximum absolute atomic E-state index is 13.4. The molecule has 98 valence electrons. The number of benzene rings is 1. The maximum atomic E-state index is 13.4. The van der Waals surface area contributed by atoms with Crippen LogP contribution in [0.5, 0.6) is 0 Å². The van der Waals surface area contributed by atoms with Crippen LogP contribution in [-0.2, 0) is 0 Å². The molecular weight excluding hydrogens is 249 g/mol. The van der Waals surface area contributed by atoms with E-state index in [1.165, 1.54) is 25.3 Å². The Morgan fingerprint density at radius 3 is 2.78 bits per heavy atom. The number of hydrogen-bond acceptors (Lipinski definition) is 1. The lowest BCUT2D eigenvalue weighted by Gasteiger charge is -2.21. The average Bonchev–Trinajstić information content (AvgIpc) is 2.82. The van der Waals surface area contributed by atoms with Crippen LogP contribution in [0, 0.1) is 23.6 Å². The molecule has 0 saturated heterocycles. The fraction of sp³-hybridized carbons (Fsp3) is 0.600. The summed E-state index contributed by atoms with van der Waals surface area (Å²) in [6.45, 7) is 2.99. The summed E-state index contributed by atoms with van der Waals surface area (Å²) in [4.78, 5) is 0. The minimum Gasteiger partial charge on any atom is -0.310 e. The Morgan fingerprint density at radius 1 is 1.39 bits per heavy atom. The van der Waals surface area contributed by atoms with Crippen molar-refractivity contribution >= 4 is 11.6 Å². The summed E-state index contributed by atoms with van der Waals surface area (Å²) in [6.07, 6.45) is 4.04. The lowest BCUT2D eigenvalue weighted by molar-refractivity contribution is 0.424. The number of hydrogen-bond donors (Lipinski definition) is 1. The van der Waals surface area contributed by atoms with Crippen LogP contribution in [0.15, 0.2) is 18.2 Å². The molecule has 3 atom stereocenters. The highest BCUT2D eigenvalue weighted by atomic mass is 35.5. The van der Waals surface area contributed by atoms with Crippen molar-refractivity contribution in [2.24, 2.45) is 17.8 Å². The topological polar surface area (TPSA) is 12.0 Å². The van der Waals surface area contributed by atoms with Crippen LogP contribution >= 0.6 is 11.6 Å². The number of fused-ring (bicyclic) bond motifs is 1. The third-order valence-corrected chi connectivity index (χ3v) is 4.92. The first-order valence-corrected chi connectivity index (χ1v) is 7.28. The van der Waals surface area contributed by atoms with Crippen molar-refractivity contribution in [3.8, 4) is 0 Å². The fourth-order valence-corrected chi connectivity index (χ4v) is 4.03. The lowest BCUT2D eigenvalue weighted by Crippen LogP contribution is -2.24. The molecule has 0 bridgehead atoms. The van der Waals surface area contributed by atoms with E-state index in [9.17, 15) is 4.39 Å². The van der Waals surface area contributed by atoms with Gasteiger partial charge in [-0.25, -0.2) is 4.39 Å². The number of rotatable bonds is 4. The zero-order chi connectivity index (χ0) is 12.7.